The van der Waals surface area contributed by atoms with Gasteiger partial charge in [0.2, 0.25) is 0 Å². The van der Waals surface area contributed by atoms with Gasteiger partial charge in [0.15, 0.2) is 5.78 Å². The molecule has 0 spiro atoms. The molecule has 2 aromatic rings. The second-order valence-corrected chi connectivity index (χ2v) is 4.86. The molecule has 0 unspecified atom stereocenters. The third-order valence-electron chi connectivity index (χ3n) is 2.81. The maximum absolute atomic E-state index is 12.0. The normalized spacial score (nSPS) is 11.4. The number of phenolic OH excluding ortho intramolecular Hbond substituents is 1. The number of hydrogen-bond acceptors (Lipinski definition) is 3. The van der Waals surface area contributed by atoms with Crippen LogP contribution in [0.3, 0.4) is 0 Å². The molecule has 0 saturated heterocycles. The zero-order valence-corrected chi connectivity index (χ0v) is 11.6. The number of benzene rings is 2. The van der Waals surface area contributed by atoms with E-state index < -0.39 is 5.78 Å². The minimum Gasteiger partial charge on any atom is -0.507 e. The van der Waals surface area contributed by atoms with Crippen molar-refractivity contribution in [1.29, 1.82) is 0 Å². The van der Waals surface area contributed by atoms with Crippen LogP contribution in [0.5, 0.6) is 5.75 Å². The predicted octanol–water partition coefficient (Wildman–Crippen LogP) is 4.14. The van der Waals surface area contributed by atoms with Gasteiger partial charge in [0.1, 0.15) is 11.5 Å². The van der Waals surface area contributed by atoms with Crippen LogP contribution >= 0.6 is 11.6 Å². The van der Waals surface area contributed by atoms with E-state index in [1.807, 2.05) is 13.0 Å². The molecule has 0 radical (unpaired) electrons. The summed E-state index contributed by atoms with van der Waals surface area (Å²) in [6, 6.07) is 11.3. The lowest BCUT2D eigenvalue weighted by Gasteiger charge is -2.04. The Morgan fingerprint density at radius 3 is 2.65 bits per heavy atom. The summed E-state index contributed by atoms with van der Waals surface area (Å²) in [6.07, 6.45) is 1.07. The van der Waals surface area contributed by atoms with Gasteiger partial charge in [-0.1, -0.05) is 35.4 Å². The highest BCUT2D eigenvalue weighted by Gasteiger charge is 2.11. The van der Waals surface area contributed by atoms with E-state index in [0.717, 1.165) is 11.6 Å². The third-order valence-corrected chi connectivity index (χ3v) is 3.04. The maximum Gasteiger partial charge on any atom is 0.193 e. The molecule has 2 aromatic carbocycles. The first-order valence-electron chi connectivity index (χ1n) is 5.98. The van der Waals surface area contributed by atoms with Crippen molar-refractivity contribution in [3.8, 4) is 5.75 Å². The molecule has 0 atom stereocenters. The fraction of sp³-hybridized carbons (Fsp3) is 0.0625. The standard InChI is InChI=1S/C16H13ClO3/c1-10-3-2-4-11(7-10)15(19)9-16(20)13-8-12(17)5-6-14(13)18/h2-9,18-19H,1H3. The van der Waals surface area contributed by atoms with Crippen LogP contribution in [0.4, 0.5) is 0 Å². The topological polar surface area (TPSA) is 57.5 Å². The molecule has 0 aliphatic carbocycles. The van der Waals surface area contributed by atoms with Crippen LogP contribution in [0.2, 0.25) is 5.02 Å². The number of aliphatic hydroxyl groups is 1. The van der Waals surface area contributed by atoms with Crippen LogP contribution in [0, 0.1) is 6.92 Å². The first-order chi connectivity index (χ1) is 9.47. The molecule has 2 rings (SSSR count). The van der Waals surface area contributed by atoms with Crippen molar-refractivity contribution in [3.05, 3.63) is 70.3 Å². The van der Waals surface area contributed by atoms with Crippen LogP contribution < -0.4 is 0 Å². The van der Waals surface area contributed by atoms with Gasteiger partial charge in [0.25, 0.3) is 0 Å². The second-order valence-electron chi connectivity index (χ2n) is 4.42. The molecule has 0 amide bonds. The summed E-state index contributed by atoms with van der Waals surface area (Å²) in [5.41, 5.74) is 1.57. The van der Waals surface area contributed by atoms with Crippen molar-refractivity contribution < 1.29 is 15.0 Å². The highest BCUT2D eigenvalue weighted by molar-refractivity contribution is 6.31. The first-order valence-corrected chi connectivity index (χ1v) is 6.36. The average molecular weight is 289 g/mol. The predicted molar refractivity (Wildman–Crippen MR) is 79.2 cm³/mol. The van der Waals surface area contributed by atoms with E-state index in [-0.39, 0.29) is 17.1 Å². The second kappa shape index (κ2) is 5.80. The van der Waals surface area contributed by atoms with Crippen molar-refractivity contribution in [2.24, 2.45) is 0 Å². The lowest BCUT2D eigenvalue weighted by molar-refractivity contribution is 0.104. The Labute approximate surface area is 121 Å². The van der Waals surface area contributed by atoms with Gasteiger partial charge in [0, 0.05) is 16.7 Å². The molecule has 0 aliphatic rings. The molecule has 3 nitrogen and oxygen atoms in total. The molecule has 0 heterocycles. The molecule has 0 bridgehead atoms. The number of carbonyl (C=O) groups excluding carboxylic acids is 1. The zero-order chi connectivity index (χ0) is 14.7. The molecule has 0 fully saturated rings. The molecule has 20 heavy (non-hydrogen) atoms. The number of halogens is 1. The first kappa shape index (κ1) is 14.2. The Bertz CT molecular complexity index is 690. The number of carbonyl (C=O) groups is 1. The van der Waals surface area contributed by atoms with E-state index in [2.05, 4.69) is 0 Å². The zero-order valence-electron chi connectivity index (χ0n) is 10.8. The summed E-state index contributed by atoms with van der Waals surface area (Å²) >= 11 is 5.79. The fourth-order valence-electron chi connectivity index (χ4n) is 1.80. The quantitative estimate of drug-likeness (QED) is 0.507. The van der Waals surface area contributed by atoms with Crippen LogP contribution in [-0.2, 0) is 0 Å². The third kappa shape index (κ3) is 3.19. The van der Waals surface area contributed by atoms with Gasteiger partial charge in [-0.3, -0.25) is 4.79 Å². The Balaban J connectivity index is 2.34. The Morgan fingerprint density at radius 2 is 1.95 bits per heavy atom. The van der Waals surface area contributed by atoms with E-state index in [9.17, 15) is 15.0 Å². The molecule has 0 aromatic heterocycles. The number of allylic oxidation sites excluding steroid dienone is 1. The Hall–Kier alpha value is -2.26. The van der Waals surface area contributed by atoms with Crippen LogP contribution in [0.1, 0.15) is 21.5 Å². The molecule has 0 saturated carbocycles. The van der Waals surface area contributed by atoms with Crippen molar-refractivity contribution in [2.45, 2.75) is 6.92 Å². The Kier molecular flexibility index (Phi) is 4.11. The summed E-state index contributed by atoms with van der Waals surface area (Å²) in [7, 11) is 0. The van der Waals surface area contributed by atoms with E-state index in [0.29, 0.717) is 10.6 Å². The number of ketones is 1. The molecule has 0 aliphatic heterocycles. The van der Waals surface area contributed by atoms with E-state index in [1.165, 1.54) is 18.2 Å². The fourth-order valence-corrected chi connectivity index (χ4v) is 1.97. The summed E-state index contributed by atoms with van der Waals surface area (Å²) in [5, 5.41) is 19.9. The van der Waals surface area contributed by atoms with Crippen molar-refractivity contribution in [3.63, 3.8) is 0 Å². The SMILES string of the molecule is Cc1cccc(C(O)=CC(=O)c2cc(Cl)ccc2O)c1. The van der Waals surface area contributed by atoms with Gasteiger partial charge < -0.3 is 10.2 Å². The molecule has 102 valence electrons. The lowest BCUT2D eigenvalue weighted by Crippen LogP contribution is -1.97. The Morgan fingerprint density at radius 1 is 1.20 bits per heavy atom. The molecular formula is C16H13ClO3. The van der Waals surface area contributed by atoms with Gasteiger partial charge in [-0.05, 0) is 31.2 Å². The van der Waals surface area contributed by atoms with Gasteiger partial charge in [0.05, 0.1) is 5.56 Å². The van der Waals surface area contributed by atoms with Crippen molar-refractivity contribution >= 4 is 23.1 Å². The number of aromatic hydroxyl groups is 1. The van der Waals surface area contributed by atoms with Gasteiger partial charge in [-0.25, -0.2) is 0 Å². The van der Waals surface area contributed by atoms with Crippen LogP contribution in [0.25, 0.3) is 5.76 Å². The number of aliphatic hydroxyl groups excluding tert-OH is 1. The van der Waals surface area contributed by atoms with Crippen LogP contribution in [0.15, 0.2) is 48.5 Å². The minimum absolute atomic E-state index is 0.0525. The highest BCUT2D eigenvalue weighted by atomic mass is 35.5. The average Bonchev–Trinajstić information content (AvgIpc) is 2.41. The van der Waals surface area contributed by atoms with Gasteiger partial charge in [-0.2, -0.15) is 0 Å². The van der Waals surface area contributed by atoms with Gasteiger partial charge >= 0.3 is 0 Å². The summed E-state index contributed by atoms with van der Waals surface area (Å²) in [6.45, 7) is 1.89. The summed E-state index contributed by atoms with van der Waals surface area (Å²) < 4.78 is 0. The molecule has 4 heteroatoms. The maximum atomic E-state index is 12.0. The number of hydrogen-bond donors (Lipinski definition) is 2. The van der Waals surface area contributed by atoms with E-state index in [4.69, 9.17) is 11.6 Å². The highest BCUT2D eigenvalue weighted by Crippen LogP contribution is 2.23. The van der Waals surface area contributed by atoms with E-state index in [1.54, 1.807) is 18.2 Å². The van der Waals surface area contributed by atoms with Gasteiger partial charge in [-0.15, -0.1) is 0 Å². The summed E-state index contributed by atoms with van der Waals surface area (Å²) in [5.74, 6) is -0.838. The molecule has 2 N–H and O–H groups in total. The molecular weight excluding hydrogens is 276 g/mol. The summed E-state index contributed by atoms with van der Waals surface area (Å²) in [4.78, 5) is 12.0. The largest absolute Gasteiger partial charge is 0.507 e. The van der Waals surface area contributed by atoms with Crippen molar-refractivity contribution in [2.75, 3.05) is 0 Å². The smallest absolute Gasteiger partial charge is 0.193 e. The number of phenols is 1. The van der Waals surface area contributed by atoms with E-state index >= 15 is 0 Å². The lowest BCUT2D eigenvalue weighted by atomic mass is 10.1. The number of rotatable bonds is 3. The monoisotopic (exact) mass is 288 g/mol. The van der Waals surface area contributed by atoms with Crippen LogP contribution in [-0.4, -0.2) is 16.0 Å². The minimum atomic E-state index is -0.510. The number of aryl methyl sites for hydroxylation is 1. The van der Waals surface area contributed by atoms with Crippen molar-refractivity contribution in [1.82, 2.24) is 0 Å².